The third-order valence-corrected chi connectivity index (χ3v) is 5.51. The molecule has 0 unspecified atom stereocenters. The van der Waals surface area contributed by atoms with E-state index in [1.54, 1.807) is 6.07 Å². The molecule has 6 heteroatoms. The zero-order valence-electron chi connectivity index (χ0n) is 18.4. The fraction of sp³-hybridized carbons (Fsp3) is 0.231. The zero-order valence-corrected chi connectivity index (χ0v) is 18.4. The van der Waals surface area contributed by atoms with Crippen LogP contribution in [0.4, 0.5) is 27.5 Å². The van der Waals surface area contributed by atoms with E-state index < -0.39 is 0 Å². The summed E-state index contributed by atoms with van der Waals surface area (Å²) in [4.78, 5) is 27.7. The van der Waals surface area contributed by atoms with Gasteiger partial charge in [0.15, 0.2) is 0 Å². The minimum atomic E-state index is -0.321. The van der Waals surface area contributed by atoms with Crippen molar-refractivity contribution in [3.05, 3.63) is 83.4 Å². The summed E-state index contributed by atoms with van der Waals surface area (Å²) in [6, 6.07) is 20.4. The van der Waals surface area contributed by atoms with Gasteiger partial charge in [-0.15, -0.1) is 0 Å². The number of nitrogens with one attached hydrogen (secondary N) is 3. The maximum atomic E-state index is 12.7. The quantitative estimate of drug-likeness (QED) is 0.481. The van der Waals surface area contributed by atoms with Crippen molar-refractivity contribution in [2.75, 3.05) is 33.9 Å². The van der Waals surface area contributed by atoms with Gasteiger partial charge in [-0.3, -0.25) is 4.79 Å². The Hall–Kier alpha value is -3.80. The summed E-state index contributed by atoms with van der Waals surface area (Å²) in [5.74, 6) is -0.183. The van der Waals surface area contributed by atoms with Crippen LogP contribution in [0.2, 0.25) is 0 Å². The lowest BCUT2D eigenvalue weighted by Gasteiger charge is -2.22. The molecule has 0 saturated carbocycles. The molecule has 1 heterocycles. The van der Waals surface area contributed by atoms with Gasteiger partial charge in [-0.05, 0) is 74.7 Å². The van der Waals surface area contributed by atoms with E-state index in [1.807, 2.05) is 74.5 Å². The normalized spacial score (nSPS) is 13.0. The largest absolute Gasteiger partial charge is 0.370 e. The molecule has 1 aliphatic rings. The number of carbonyl (C=O) groups excluding carboxylic acids is 2. The third-order valence-electron chi connectivity index (χ3n) is 5.51. The van der Waals surface area contributed by atoms with Gasteiger partial charge < -0.3 is 20.9 Å². The molecule has 3 aromatic carbocycles. The highest BCUT2D eigenvalue weighted by molar-refractivity contribution is 6.06. The Bertz CT molecular complexity index is 1140. The molecule has 0 aliphatic carbocycles. The molecule has 3 N–H and O–H groups in total. The van der Waals surface area contributed by atoms with Crippen LogP contribution in [0.5, 0.6) is 0 Å². The van der Waals surface area contributed by atoms with Crippen molar-refractivity contribution in [2.45, 2.75) is 26.7 Å². The van der Waals surface area contributed by atoms with Crippen LogP contribution in [0.15, 0.2) is 66.7 Å². The predicted octanol–water partition coefficient (Wildman–Crippen LogP) is 5.80. The first kappa shape index (κ1) is 21.4. The van der Waals surface area contributed by atoms with Crippen molar-refractivity contribution in [3.63, 3.8) is 0 Å². The van der Waals surface area contributed by atoms with Crippen molar-refractivity contribution < 1.29 is 9.59 Å². The summed E-state index contributed by atoms with van der Waals surface area (Å²) in [5, 5.41) is 8.81. The van der Waals surface area contributed by atoms with Crippen LogP contribution in [0.25, 0.3) is 0 Å². The summed E-state index contributed by atoms with van der Waals surface area (Å²) in [7, 11) is 0. The molecular formula is C26H28N4O2. The van der Waals surface area contributed by atoms with Gasteiger partial charge in [-0.2, -0.15) is 0 Å². The number of urea groups is 1. The van der Waals surface area contributed by atoms with E-state index >= 15 is 0 Å². The first-order chi connectivity index (χ1) is 15.5. The first-order valence-electron chi connectivity index (χ1n) is 10.9. The second-order valence-electron chi connectivity index (χ2n) is 8.20. The van der Waals surface area contributed by atoms with Crippen molar-refractivity contribution >= 4 is 34.7 Å². The molecule has 1 fully saturated rings. The highest BCUT2D eigenvalue weighted by Gasteiger charge is 2.18. The number of hydrogen-bond acceptors (Lipinski definition) is 3. The number of anilines is 4. The molecule has 1 aliphatic heterocycles. The SMILES string of the molecule is Cc1cccc(NC(=O)Nc2cc(NC(=O)c3cccc(C)c3)ccc2N2CCCC2)c1. The molecule has 164 valence electrons. The van der Waals surface area contributed by atoms with Crippen LogP contribution in [0.3, 0.4) is 0 Å². The Balaban J connectivity index is 1.55. The number of aryl methyl sites for hydroxylation is 2. The first-order valence-corrected chi connectivity index (χ1v) is 10.9. The van der Waals surface area contributed by atoms with Crippen molar-refractivity contribution in [2.24, 2.45) is 0 Å². The number of nitrogens with zero attached hydrogens (tertiary/aromatic N) is 1. The lowest BCUT2D eigenvalue weighted by molar-refractivity contribution is 0.102. The predicted molar refractivity (Wildman–Crippen MR) is 131 cm³/mol. The fourth-order valence-corrected chi connectivity index (χ4v) is 3.94. The summed E-state index contributed by atoms with van der Waals surface area (Å²) in [5.41, 5.74) is 5.67. The van der Waals surface area contributed by atoms with Gasteiger partial charge in [0.05, 0.1) is 11.4 Å². The van der Waals surface area contributed by atoms with E-state index in [4.69, 9.17) is 0 Å². The van der Waals surface area contributed by atoms with E-state index in [1.165, 1.54) is 0 Å². The third kappa shape index (κ3) is 5.27. The fourth-order valence-electron chi connectivity index (χ4n) is 3.94. The van der Waals surface area contributed by atoms with E-state index in [0.29, 0.717) is 16.9 Å². The maximum absolute atomic E-state index is 12.7. The molecule has 0 spiro atoms. The molecule has 0 radical (unpaired) electrons. The summed E-state index contributed by atoms with van der Waals surface area (Å²) >= 11 is 0. The van der Waals surface area contributed by atoms with Gasteiger partial charge in [0, 0.05) is 30.0 Å². The van der Waals surface area contributed by atoms with Crippen LogP contribution >= 0.6 is 0 Å². The highest BCUT2D eigenvalue weighted by Crippen LogP contribution is 2.32. The Kier molecular flexibility index (Phi) is 6.40. The Labute approximate surface area is 188 Å². The second-order valence-corrected chi connectivity index (χ2v) is 8.20. The van der Waals surface area contributed by atoms with Gasteiger partial charge >= 0.3 is 6.03 Å². The Morgan fingerprint density at radius 1 is 0.750 bits per heavy atom. The molecule has 6 nitrogen and oxygen atoms in total. The number of amides is 3. The monoisotopic (exact) mass is 428 g/mol. The van der Waals surface area contributed by atoms with Crippen LogP contribution in [0.1, 0.15) is 34.3 Å². The van der Waals surface area contributed by atoms with Crippen molar-refractivity contribution in [3.8, 4) is 0 Å². The van der Waals surface area contributed by atoms with E-state index in [-0.39, 0.29) is 11.9 Å². The van der Waals surface area contributed by atoms with Crippen LogP contribution in [0, 0.1) is 13.8 Å². The van der Waals surface area contributed by atoms with Crippen LogP contribution in [-0.2, 0) is 0 Å². The Morgan fingerprint density at radius 2 is 1.44 bits per heavy atom. The lowest BCUT2D eigenvalue weighted by atomic mass is 10.1. The summed E-state index contributed by atoms with van der Waals surface area (Å²) < 4.78 is 0. The number of carbonyl (C=O) groups is 2. The number of benzene rings is 3. The second kappa shape index (κ2) is 9.56. The topological polar surface area (TPSA) is 73.5 Å². The molecule has 0 aromatic heterocycles. The minimum absolute atomic E-state index is 0.183. The molecule has 0 atom stereocenters. The number of rotatable bonds is 5. The van der Waals surface area contributed by atoms with Gasteiger partial charge in [0.25, 0.3) is 5.91 Å². The van der Waals surface area contributed by atoms with Crippen molar-refractivity contribution in [1.82, 2.24) is 0 Å². The molecular weight excluding hydrogens is 400 g/mol. The molecule has 32 heavy (non-hydrogen) atoms. The summed E-state index contributed by atoms with van der Waals surface area (Å²) in [6.45, 7) is 5.83. The zero-order chi connectivity index (χ0) is 22.5. The van der Waals surface area contributed by atoms with Gasteiger partial charge in [-0.1, -0.05) is 29.8 Å². The van der Waals surface area contributed by atoms with Gasteiger partial charge in [0.2, 0.25) is 0 Å². The van der Waals surface area contributed by atoms with Crippen LogP contribution in [-0.4, -0.2) is 25.0 Å². The lowest BCUT2D eigenvalue weighted by Crippen LogP contribution is -2.24. The molecule has 0 bridgehead atoms. The minimum Gasteiger partial charge on any atom is -0.370 e. The average Bonchev–Trinajstić information content (AvgIpc) is 3.28. The van der Waals surface area contributed by atoms with Crippen molar-refractivity contribution in [1.29, 1.82) is 0 Å². The van der Waals surface area contributed by atoms with E-state index in [9.17, 15) is 9.59 Å². The van der Waals surface area contributed by atoms with Gasteiger partial charge in [0.1, 0.15) is 0 Å². The molecule has 1 saturated heterocycles. The molecule has 4 rings (SSSR count). The van der Waals surface area contributed by atoms with Gasteiger partial charge in [-0.25, -0.2) is 4.79 Å². The maximum Gasteiger partial charge on any atom is 0.323 e. The number of hydrogen-bond donors (Lipinski definition) is 3. The highest BCUT2D eigenvalue weighted by atomic mass is 16.2. The smallest absolute Gasteiger partial charge is 0.323 e. The standard InChI is InChI=1S/C26H28N4O2/c1-18-7-5-9-20(15-18)25(31)27-22-11-12-24(30-13-3-4-14-30)23(17-22)29-26(32)28-21-10-6-8-19(2)16-21/h5-12,15-17H,3-4,13-14H2,1-2H3,(H,27,31)(H2,28,29,32). The molecule has 3 amide bonds. The Morgan fingerprint density at radius 3 is 2.16 bits per heavy atom. The van der Waals surface area contributed by atoms with E-state index in [0.717, 1.165) is 48.4 Å². The van der Waals surface area contributed by atoms with Crippen LogP contribution < -0.4 is 20.9 Å². The summed E-state index contributed by atoms with van der Waals surface area (Å²) in [6.07, 6.45) is 2.25. The molecule has 3 aromatic rings. The average molecular weight is 429 g/mol. The van der Waals surface area contributed by atoms with E-state index in [2.05, 4.69) is 20.9 Å².